The largest absolute Gasteiger partial charge is 0.493 e. The Morgan fingerprint density at radius 3 is 2.70 bits per heavy atom. The highest BCUT2D eigenvalue weighted by Gasteiger charge is 2.02. The van der Waals surface area contributed by atoms with Gasteiger partial charge < -0.3 is 20.1 Å². The Balaban J connectivity index is 0.00000364. The van der Waals surface area contributed by atoms with E-state index in [1.165, 1.54) is 0 Å². The van der Waals surface area contributed by atoms with E-state index in [1.54, 1.807) is 7.11 Å². The molecule has 2 rings (SSSR count). The third-order valence-corrected chi connectivity index (χ3v) is 3.55. The van der Waals surface area contributed by atoms with Crippen LogP contribution < -0.4 is 15.4 Å². The lowest BCUT2D eigenvalue weighted by molar-refractivity contribution is 0.172. The number of benzene rings is 1. The molecule has 2 aromatic rings. The van der Waals surface area contributed by atoms with Crippen LogP contribution in [0.15, 0.2) is 47.5 Å². The molecule has 0 atom stereocenters. The van der Waals surface area contributed by atoms with Gasteiger partial charge in [-0.15, -0.1) is 24.0 Å². The molecule has 0 saturated carbocycles. The van der Waals surface area contributed by atoms with Crippen LogP contribution in [0.4, 0.5) is 5.69 Å². The number of anilines is 1. The van der Waals surface area contributed by atoms with Crippen LogP contribution in [-0.4, -0.2) is 37.8 Å². The highest BCUT2D eigenvalue weighted by Crippen LogP contribution is 2.17. The molecular weight excluding hydrogens is 455 g/mol. The molecule has 148 valence electrons. The fraction of sp³-hybridized carbons (Fsp3) is 0.400. The summed E-state index contributed by atoms with van der Waals surface area (Å²) in [4.78, 5) is 9.09. The van der Waals surface area contributed by atoms with Crippen molar-refractivity contribution in [1.29, 1.82) is 0 Å². The molecule has 0 spiro atoms. The Bertz CT molecular complexity index is 710. The third-order valence-electron chi connectivity index (χ3n) is 3.55. The molecule has 2 N–H and O–H groups in total. The van der Waals surface area contributed by atoms with Crippen molar-refractivity contribution in [3.8, 4) is 5.75 Å². The molecule has 7 heteroatoms. The molecule has 0 radical (unpaired) electrons. The summed E-state index contributed by atoms with van der Waals surface area (Å²) in [5, 5.41) is 6.56. The molecule has 1 aromatic carbocycles. The molecule has 1 aromatic heterocycles. The summed E-state index contributed by atoms with van der Waals surface area (Å²) < 4.78 is 10.8. The van der Waals surface area contributed by atoms with Crippen molar-refractivity contribution >= 4 is 35.6 Å². The Kier molecular flexibility index (Phi) is 11.4. The number of rotatable bonds is 9. The summed E-state index contributed by atoms with van der Waals surface area (Å²) >= 11 is 0. The molecule has 0 unspecified atom stereocenters. The number of aryl methyl sites for hydroxylation is 1. The van der Waals surface area contributed by atoms with E-state index in [0.29, 0.717) is 25.7 Å². The molecule has 0 aliphatic heterocycles. The van der Waals surface area contributed by atoms with Crippen molar-refractivity contribution in [3.63, 3.8) is 0 Å². The zero-order valence-corrected chi connectivity index (χ0v) is 18.5. The summed E-state index contributed by atoms with van der Waals surface area (Å²) in [6.07, 6.45) is 0.863. The van der Waals surface area contributed by atoms with Gasteiger partial charge in [0.15, 0.2) is 5.96 Å². The number of ether oxygens (including phenoxy) is 2. The van der Waals surface area contributed by atoms with Crippen molar-refractivity contribution in [2.45, 2.75) is 26.8 Å². The van der Waals surface area contributed by atoms with Crippen molar-refractivity contribution in [2.75, 3.05) is 32.2 Å². The smallest absolute Gasteiger partial charge is 0.196 e. The number of pyridine rings is 1. The van der Waals surface area contributed by atoms with Gasteiger partial charge in [-0.1, -0.05) is 12.1 Å². The fourth-order valence-corrected chi connectivity index (χ4v) is 2.35. The summed E-state index contributed by atoms with van der Waals surface area (Å²) in [6.45, 7) is 6.64. The highest BCUT2D eigenvalue weighted by molar-refractivity contribution is 14.0. The highest BCUT2D eigenvalue weighted by atomic mass is 127. The molecule has 0 amide bonds. The van der Waals surface area contributed by atoms with Crippen molar-refractivity contribution in [2.24, 2.45) is 4.99 Å². The maximum atomic E-state index is 5.74. The van der Waals surface area contributed by atoms with Gasteiger partial charge in [0.25, 0.3) is 0 Å². The molecule has 0 fully saturated rings. The van der Waals surface area contributed by atoms with E-state index in [-0.39, 0.29) is 24.0 Å². The van der Waals surface area contributed by atoms with Gasteiger partial charge in [-0.05, 0) is 38.1 Å². The van der Waals surface area contributed by atoms with Crippen molar-refractivity contribution < 1.29 is 9.47 Å². The minimum atomic E-state index is 0. The second kappa shape index (κ2) is 13.3. The predicted molar refractivity (Wildman–Crippen MR) is 121 cm³/mol. The normalized spacial score (nSPS) is 10.9. The number of aliphatic imine (C=N–C) groups is 1. The number of hydrogen-bond acceptors (Lipinski definition) is 4. The number of halogens is 1. The average molecular weight is 484 g/mol. The van der Waals surface area contributed by atoms with Crippen LogP contribution in [0, 0.1) is 6.92 Å². The van der Waals surface area contributed by atoms with Crippen molar-refractivity contribution in [3.05, 3.63) is 53.9 Å². The first kappa shape index (κ1) is 23.2. The van der Waals surface area contributed by atoms with Crippen LogP contribution in [0.2, 0.25) is 0 Å². The van der Waals surface area contributed by atoms with E-state index in [4.69, 9.17) is 9.47 Å². The maximum Gasteiger partial charge on any atom is 0.196 e. The fourth-order valence-electron chi connectivity index (χ4n) is 2.35. The molecule has 6 nitrogen and oxygen atoms in total. The van der Waals surface area contributed by atoms with E-state index in [1.807, 2.05) is 56.3 Å². The number of nitrogens with zero attached hydrogens (tertiary/aromatic N) is 2. The van der Waals surface area contributed by atoms with Gasteiger partial charge in [0.05, 0.1) is 18.8 Å². The molecular formula is C20H29IN4O2. The lowest BCUT2D eigenvalue weighted by Crippen LogP contribution is -2.30. The quantitative estimate of drug-likeness (QED) is 0.244. The van der Waals surface area contributed by atoms with Gasteiger partial charge in [0.2, 0.25) is 0 Å². The van der Waals surface area contributed by atoms with E-state index in [0.717, 1.165) is 35.8 Å². The lowest BCUT2D eigenvalue weighted by Gasteiger charge is -2.13. The standard InChI is InChI=1S/C20H28N4O2.HI/c1-4-21-20(22-15-18-10-5-8-16(2)23-18)24-17-9-6-11-19(14-17)26-13-7-12-25-3;/h5-6,8-11,14H,4,7,12-13,15H2,1-3H3,(H2,21,22,24);1H. The Morgan fingerprint density at radius 1 is 1.15 bits per heavy atom. The minimum absolute atomic E-state index is 0. The molecule has 27 heavy (non-hydrogen) atoms. The SMILES string of the molecule is CCNC(=NCc1cccc(C)n1)Nc1cccc(OCCCOC)c1.I. The van der Waals surface area contributed by atoms with Crippen LogP contribution in [0.1, 0.15) is 24.7 Å². The van der Waals surface area contributed by atoms with Crippen LogP contribution in [0.5, 0.6) is 5.75 Å². The summed E-state index contributed by atoms with van der Waals surface area (Å²) in [6, 6.07) is 13.8. The number of aromatic nitrogens is 1. The number of hydrogen-bond donors (Lipinski definition) is 2. The van der Waals surface area contributed by atoms with Crippen LogP contribution in [-0.2, 0) is 11.3 Å². The van der Waals surface area contributed by atoms with Gasteiger partial charge in [-0.2, -0.15) is 0 Å². The molecule has 0 saturated heterocycles. The van der Waals surface area contributed by atoms with Crippen LogP contribution >= 0.6 is 24.0 Å². The van der Waals surface area contributed by atoms with Crippen molar-refractivity contribution in [1.82, 2.24) is 10.3 Å². The summed E-state index contributed by atoms with van der Waals surface area (Å²) in [7, 11) is 1.69. The van der Waals surface area contributed by atoms with E-state index >= 15 is 0 Å². The monoisotopic (exact) mass is 484 g/mol. The Hall–Kier alpha value is -1.87. The molecule has 1 heterocycles. The van der Waals surface area contributed by atoms with E-state index in [9.17, 15) is 0 Å². The zero-order valence-electron chi connectivity index (χ0n) is 16.2. The summed E-state index contributed by atoms with van der Waals surface area (Å²) in [5.74, 6) is 1.54. The first-order chi connectivity index (χ1) is 12.7. The van der Waals surface area contributed by atoms with Gasteiger partial charge in [-0.25, -0.2) is 4.99 Å². The first-order valence-corrected chi connectivity index (χ1v) is 8.91. The van der Waals surface area contributed by atoms with Crippen LogP contribution in [0.25, 0.3) is 0 Å². The van der Waals surface area contributed by atoms with Gasteiger partial charge in [0.1, 0.15) is 5.75 Å². The maximum absolute atomic E-state index is 5.74. The van der Waals surface area contributed by atoms with E-state index < -0.39 is 0 Å². The second-order valence-electron chi connectivity index (χ2n) is 5.81. The Morgan fingerprint density at radius 2 is 1.96 bits per heavy atom. The van der Waals surface area contributed by atoms with Gasteiger partial charge >= 0.3 is 0 Å². The minimum Gasteiger partial charge on any atom is -0.493 e. The molecule has 0 aliphatic rings. The average Bonchev–Trinajstić information content (AvgIpc) is 2.64. The first-order valence-electron chi connectivity index (χ1n) is 8.91. The predicted octanol–water partition coefficient (Wildman–Crippen LogP) is 4.00. The third kappa shape index (κ3) is 9.05. The molecule has 0 bridgehead atoms. The topological polar surface area (TPSA) is 67.8 Å². The van der Waals surface area contributed by atoms with Gasteiger partial charge in [-0.3, -0.25) is 4.98 Å². The lowest BCUT2D eigenvalue weighted by atomic mass is 10.3. The summed E-state index contributed by atoms with van der Waals surface area (Å²) in [5.41, 5.74) is 2.86. The number of methoxy groups -OCH3 is 1. The number of guanidine groups is 1. The van der Waals surface area contributed by atoms with Crippen LogP contribution in [0.3, 0.4) is 0 Å². The van der Waals surface area contributed by atoms with E-state index in [2.05, 4.69) is 20.6 Å². The number of nitrogens with one attached hydrogen (secondary N) is 2. The van der Waals surface area contributed by atoms with Gasteiger partial charge in [0, 0.05) is 44.1 Å². The molecule has 0 aliphatic carbocycles. The zero-order chi connectivity index (χ0) is 18.6. The Labute approximate surface area is 178 Å². The second-order valence-corrected chi connectivity index (χ2v) is 5.81.